The van der Waals surface area contributed by atoms with Crippen LogP contribution in [0.25, 0.3) is 0 Å². The van der Waals surface area contributed by atoms with E-state index in [2.05, 4.69) is 37.8 Å². The molecule has 0 saturated carbocycles. The van der Waals surface area contributed by atoms with Crippen molar-refractivity contribution in [3.8, 4) is 5.75 Å². The first kappa shape index (κ1) is 15.3. The zero-order valence-electron chi connectivity index (χ0n) is 13.2. The normalized spacial score (nSPS) is 22.1. The molecule has 2 N–H and O–H groups in total. The average molecular weight is 276 g/mol. The zero-order valence-corrected chi connectivity index (χ0v) is 13.2. The summed E-state index contributed by atoms with van der Waals surface area (Å²) in [5, 5.41) is 0. The molecule has 0 aromatic heterocycles. The molecule has 1 aliphatic rings. The molecule has 0 radical (unpaired) electrons. The highest BCUT2D eigenvalue weighted by Gasteiger charge is 2.30. The van der Waals surface area contributed by atoms with Crippen LogP contribution < -0.4 is 10.5 Å². The second-order valence-electron chi connectivity index (χ2n) is 6.18. The molecule has 0 amide bonds. The fourth-order valence-corrected chi connectivity index (χ4v) is 3.32. The number of fused-ring (bicyclic) bond motifs is 1. The van der Waals surface area contributed by atoms with Gasteiger partial charge in [-0.1, -0.05) is 26.8 Å². The molecule has 0 saturated heterocycles. The van der Waals surface area contributed by atoms with E-state index in [1.807, 2.05) is 6.07 Å². The summed E-state index contributed by atoms with van der Waals surface area (Å²) >= 11 is 0. The van der Waals surface area contributed by atoms with E-state index >= 15 is 0 Å². The van der Waals surface area contributed by atoms with Gasteiger partial charge in [0.1, 0.15) is 5.75 Å². The topological polar surface area (TPSA) is 38.5 Å². The lowest BCUT2D eigenvalue weighted by molar-refractivity contribution is 0.146. The van der Waals surface area contributed by atoms with E-state index in [4.69, 9.17) is 10.5 Å². The lowest BCUT2D eigenvalue weighted by atomic mass is 9.83. The molecular formula is C17H28N2O. The third kappa shape index (κ3) is 3.15. The lowest BCUT2D eigenvalue weighted by Gasteiger charge is -2.39. The number of ether oxygens (including phenoxy) is 1. The number of aryl methyl sites for hydroxylation is 1. The summed E-state index contributed by atoms with van der Waals surface area (Å²) in [5.74, 6) is 1.61. The van der Waals surface area contributed by atoms with Gasteiger partial charge in [-0.05, 0) is 48.6 Å². The van der Waals surface area contributed by atoms with Crippen molar-refractivity contribution in [2.75, 3.05) is 20.2 Å². The molecule has 0 heterocycles. The molecule has 112 valence electrons. The van der Waals surface area contributed by atoms with Gasteiger partial charge >= 0.3 is 0 Å². The van der Waals surface area contributed by atoms with Crippen molar-refractivity contribution in [3.63, 3.8) is 0 Å². The minimum Gasteiger partial charge on any atom is -0.497 e. The van der Waals surface area contributed by atoms with Crippen molar-refractivity contribution in [1.29, 1.82) is 0 Å². The van der Waals surface area contributed by atoms with E-state index in [9.17, 15) is 0 Å². The van der Waals surface area contributed by atoms with Gasteiger partial charge in [0.05, 0.1) is 7.11 Å². The minimum absolute atomic E-state index is 0.114. The van der Waals surface area contributed by atoms with Crippen LogP contribution >= 0.6 is 0 Å². The van der Waals surface area contributed by atoms with Gasteiger partial charge in [-0.15, -0.1) is 0 Å². The highest BCUT2D eigenvalue weighted by Crippen LogP contribution is 2.33. The Hall–Kier alpha value is -1.06. The highest BCUT2D eigenvalue weighted by atomic mass is 16.5. The predicted molar refractivity (Wildman–Crippen MR) is 84.1 cm³/mol. The average Bonchev–Trinajstić information content (AvgIpc) is 2.45. The maximum Gasteiger partial charge on any atom is 0.119 e. The third-order valence-corrected chi connectivity index (χ3v) is 4.31. The Morgan fingerprint density at radius 3 is 2.75 bits per heavy atom. The minimum atomic E-state index is 0.114. The molecule has 1 aromatic carbocycles. The lowest BCUT2D eigenvalue weighted by Crippen LogP contribution is -2.46. The summed E-state index contributed by atoms with van der Waals surface area (Å²) in [7, 11) is 1.72. The summed E-state index contributed by atoms with van der Waals surface area (Å²) in [6.45, 7) is 8.98. The van der Waals surface area contributed by atoms with Gasteiger partial charge in [-0.3, -0.25) is 4.90 Å². The zero-order chi connectivity index (χ0) is 14.7. The first-order valence-electron chi connectivity index (χ1n) is 7.73. The first-order chi connectivity index (χ1) is 9.56. The summed E-state index contributed by atoms with van der Waals surface area (Å²) in [4.78, 5) is 2.54. The maximum atomic E-state index is 6.55. The second kappa shape index (κ2) is 6.59. The fourth-order valence-electron chi connectivity index (χ4n) is 3.32. The van der Waals surface area contributed by atoms with Gasteiger partial charge in [-0.25, -0.2) is 0 Å². The molecule has 2 rings (SSSR count). The van der Waals surface area contributed by atoms with E-state index in [1.165, 1.54) is 11.1 Å². The fraction of sp³-hybridized carbons (Fsp3) is 0.647. The Morgan fingerprint density at radius 1 is 1.40 bits per heavy atom. The maximum absolute atomic E-state index is 6.55. The molecule has 2 unspecified atom stereocenters. The van der Waals surface area contributed by atoms with Crippen LogP contribution in [-0.4, -0.2) is 31.1 Å². The number of methoxy groups -OCH3 is 1. The Labute approximate surface area is 123 Å². The third-order valence-electron chi connectivity index (χ3n) is 4.31. The van der Waals surface area contributed by atoms with Crippen LogP contribution in [0.1, 0.15) is 44.4 Å². The highest BCUT2D eigenvalue weighted by molar-refractivity contribution is 5.40. The first-order valence-corrected chi connectivity index (χ1v) is 7.73. The van der Waals surface area contributed by atoms with Gasteiger partial charge in [0, 0.05) is 18.6 Å². The monoisotopic (exact) mass is 276 g/mol. The summed E-state index contributed by atoms with van der Waals surface area (Å²) < 4.78 is 5.31. The van der Waals surface area contributed by atoms with Crippen molar-refractivity contribution in [3.05, 3.63) is 29.3 Å². The molecule has 0 aliphatic heterocycles. The van der Waals surface area contributed by atoms with Crippen LogP contribution in [0.15, 0.2) is 18.2 Å². The SMILES string of the molecule is CCN(CC(C)C)C1CCc2cc(OC)ccc2C1N. The molecule has 1 aliphatic carbocycles. The molecule has 2 atom stereocenters. The molecule has 3 nitrogen and oxygen atoms in total. The Kier molecular flexibility index (Phi) is 5.06. The van der Waals surface area contributed by atoms with Gasteiger partial charge in [-0.2, -0.15) is 0 Å². The van der Waals surface area contributed by atoms with Gasteiger partial charge < -0.3 is 10.5 Å². The largest absolute Gasteiger partial charge is 0.497 e. The van der Waals surface area contributed by atoms with Crippen molar-refractivity contribution >= 4 is 0 Å². The van der Waals surface area contributed by atoms with E-state index in [0.717, 1.165) is 31.7 Å². The number of benzene rings is 1. The second-order valence-corrected chi connectivity index (χ2v) is 6.18. The van der Waals surface area contributed by atoms with Crippen LogP contribution in [0.2, 0.25) is 0 Å². The van der Waals surface area contributed by atoms with E-state index in [-0.39, 0.29) is 6.04 Å². The van der Waals surface area contributed by atoms with Crippen molar-refractivity contribution in [2.24, 2.45) is 11.7 Å². The van der Waals surface area contributed by atoms with Crippen LogP contribution in [0.4, 0.5) is 0 Å². The number of hydrogen-bond acceptors (Lipinski definition) is 3. The Bertz CT molecular complexity index is 445. The van der Waals surface area contributed by atoms with Crippen LogP contribution in [0, 0.1) is 5.92 Å². The molecule has 0 spiro atoms. The molecule has 20 heavy (non-hydrogen) atoms. The number of nitrogens with zero attached hydrogens (tertiary/aromatic N) is 1. The molecule has 1 aromatic rings. The number of likely N-dealkylation sites (N-methyl/N-ethyl adjacent to an activating group) is 1. The van der Waals surface area contributed by atoms with E-state index < -0.39 is 0 Å². The summed E-state index contributed by atoms with van der Waals surface area (Å²) in [6, 6.07) is 6.89. The predicted octanol–water partition coefficient (Wildman–Crippen LogP) is 2.99. The number of nitrogens with two attached hydrogens (primary N) is 1. The summed E-state index contributed by atoms with van der Waals surface area (Å²) in [6.07, 6.45) is 2.24. The molecular weight excluding hydrogens is 248 g/mol. The number of hydrogen-bond donors (Lipinski definition) is 1. The summed E-state index contributed by atoms with van der Waals surface area (Å²) in [5.41, 5.74) is 9.20. The number of rotatable bonds is 5. The molecule has 3 heteroatoms. The van der Waals surface area contributed by atoms with Gasteiger partial charge in [0.2, 0.25) is 0 Å². The Balaban J connectivity index is 2.20. The van der Waals surface area contributed by atoms with Crippen LogP contribution in [0.3, 0.4) is 0 Å². The quantitative estimate of drug-likeness (QED) is 0.898. The van der Waals surface area contributed by atoms with Crippen molar-refractivity contribution in [2.45, 2.75) is 45.7 Å². The van der Waals surface area contributed by atoms with Gasteiger partial charge in [0.15, 0.2) is 0 Å². The standard InChI is InChI=1S/C17H28N2O/c1-5-19(11-12(2)3)16-9-6-13-10-14(20-4)7-8-15(13)17(16)18/h7-8,10,12,16-17H,5-6,9,11,18H2,1-4H3. The smallest absolute Gasteiger partial charge is 0.119 e. The van der Waals surface area contributed by atoms with Crippen LogP contribution in [0.5, 0.6) is 5.75 Å². The van der Waals surface area contributed by atoms with E-state index in [0.29, 0.717) is 12.0 Å². The molecule has 0 fully saturated rings. The van der Waals surface area contributed by atoms with Crippen LogP contribution in [-0.2, 0) is 6.42 Å². The van der Waals surface area contributed by atoms with Crippen molar-refractivity contribution in [1.82, 2.24) is 4.90 Å². The van der Waals surface area contributed by atoms with Crippen molar-refractivity contribution < 1.29 is 4.74 Å². The Morgan fingerprint density at radius 2 is 2.15 bits per heavy atom. The van der Waals surface area contributed by atoms with E-state index in [1.54, 1.807) is 7.11 Å². The molecule has 0 bridgehead atoms. The van der Waals surface area contributed by atoms with Gasteiger partial charge in [0.25, 0.3) is 0 Å².